The highest BCUT2D eigenvalue weighted by Crippen LogP contribution is 2.03. The van der Waals surface area contributed by atoms with Crippen LogP contribution in [0.5, 0.6) is 0 Å². The first kappa shape index (κ1) is 11.4. The van der Waals surface area contributed by atoms with E-state index in [4.69, 9.17) is 9.84 Å². The maximum Gasteiger partial charge on any atom is 0.237 e. The molecule has 3 N–H and O–H groups in total. The van der Waals surface area contributed by atoms with Crippen LogP contribution < -0.4 is 10.6 Å². The lowest BCUT2D eigenvalue weighted by molar-refractivity contribution is -0.123. The maximum atomic E-state index is 11.4. The third-order valence-electron chi connectivity index (χ3n) is 2.16. The number of ether oxygens (including phenoxy) is 1. The molecule has 1 aliphatic heterocycles. The monoisotopic (exact) mass is 202 g/mol. The van der Waals surface area contributed by atoms with Gasteiger partial charge in [-0.25, -0.2) is 0 Å². The van der Waals surface area contributed by atoms with Crippen LogP contribution in [0.4, 0.5) is 0 Å². The normalized spacial score (nSPS) is 21.1. The van der Waals surface area contributed by atoms with Gasteiger partial charge in [-0.05, 0) is 19.4 Å². The zero-order valence-electron chi connectivity index (χ0n) is 8.29. The molecule has 0 aromatic heterocycles. The fraction of sp³-hybridized carbons (Fsp3) is 0.889. The Hall–Kier alpha value is -0.650. The van der Waals surface area contributed by atoms with Crippen molar-refractivity contribution in [3.05, 3.63) is 0 Å². The Balaban J connectivity index is 1.97. The van der Waals surface area contributed by atoms with E-state index in [-0.39, 0.29) is 18.6 Å². The summed E-state index contributed by atoms with van der Waals surface area (Å²) in [7, 11) is 0. The molecule has 0 radical (unpaired) electrons. The minimum atomic E-state index is -0.0205. The number of hydrogen-bond donors (Lipinski definition) is 3. The number of nitrogens with one attached hydrogen (secondary N) is 2. The summed E-state index contributed by atoms with van der Waals surface area (Å²) < 4.78 is 5.01. The largest absolute Gasteiger partial charge is 0.394 e. The number of carbonyl (C=O) groups excluding carboxylic acids is 1. The van der Waals surface area contributed by atoms with Crippen LogP contribution in [0.3, 0.4) is 0 Å². The molecule has 1 heterocycles. The predicted octanol–water partition coefficient (Wildman–Crippen LogP) is -1.14. The van der Waals surface area contributed by atoms with Gasteiger partial charge in [0.15, 0.2) is 0 Å². The van der Waals surface area contributed by atoms with Crippen LogP contribution in [0.2, 0.25) is 0 Å². The van der Waals surface area contributed by atoms with Gasteiger partial charge in [0.2, 0.25) is 5.91 Å². The molecule has 0 bridgehead atoms. The highest BCUT2D eigenvalue weighted by Gasteiger charge is 2.20. The van der Waals surface area contributed by atoms with Gasteiger partial charge in [0.25, 0.3) is 0 Å². The second-order valence-electron chi connectivity index (χ2n) is 3.28. The number of rotatable bonds is 6. The Bertz CT molecular complexity index is 169. The summed E-state index contributed by atoms with van der Waals surface area (Å²) in [6, 6.07) is -0.0205. The van der Waals surface area contributed by atoms with E-state index in [2.05, 4.69) is 10.6 Å². The molecule has 1 atom stereocenters. The molecule has 1 amide bonds. The first-order valence-electron chi connectivity index (χ1n) is 5.04. The van der Waals surface area contributed by atoms with E-state index in [0.29, 0.717) is 19.8 Å². The summed E-state index contributed by atoms with van der Waals surface area (Å²) in [5.74, 6) is 0.0510. The van der Waals surface area contributed by atoms with Crippen LogP contribution in [0, 0.1) is 0 Å². The van der Waals surface area contributed by atoms with Crippen LogP contribution in [0.25, 0.3) is 0 Å². The molecule has 1 fully saturated rings. The van der Waals surface area contributed by atoms with Gasteiger partial charge in [0.05, 0.1) is 25.9 Å². The number of carbonyl (C=O) groups is 1. The molecule has 1 rings (SSSR count). The van der Waals surface area contributed by atoms with Crippen LogP contribution in [0.15, 0.2) is 0 Å². The third-order valence-corrected chi connectivity index (χ3v) is 2.16. The number of aliphatic hydroxyl groups is 1. The van der Waals surface area contributed by atoms with E-state index in [1.165, 1.54) is 0 Å². The van der Waals surface area contributed by atoms with Crippen molar-refractivity contribution < 1.29 is 14.6 Å². The Labute approximate surface area is 83.8 Å². The SMILES string of the molecule is O=C(NCCOCCO)[C@@H]1CCCN1. The van der Waals surface area contributed by atoms with Crippen molar-refractivity contribution in [2.24, 2.45) is 0 Å². The Morgan fingerprint density at radius 3 is 3.07 bits per heavy atom. The third kappa shape index (κ3) is 4.04. The summed E-state index contributed by atoms with van der Waals surface area (Å²) in [6.07, 6.45) is 1.99. The van der Waals surface area contributed by atoms with Crippen molar-refractivity contribution in [1.29, 1.82) is 0 Å². The molecule has 0 unspecified atom stereocenters. The van der Waals surface area contributed by atoms with Gasteiger partial charge in [0, 0.05) is 6.54 Å². The zero-order chi connectivity index (χ0) is 10.2. The van der Waals surface area contributed by atoms with Gasteiger partial charge in [-0.2, -0.15) is 0 Å². The van der Waals surface area contributed by atoms with Crippen molar-refractivity contribution in [2.75, 3.05) is 32.9 Å². The minimum absolute atomic E-state index is 0.0205. The lowest BCUT2D eigenvalue weighted by Crippen LogP contribution is -2.41. The number of hydrogen-bond acceptors (Lipinski definition) is 4. The minimum Gasteiger partial charge on any atom is -0.394 e. The van der Waals surface area contributed by atoms with Crippen LogP contribution in [-0.2, 0) is 9.53 Å². The number of amides is 1. The molecular weight excluding hydrogens is 184 g/mol. The van der Waals surface area contributed by atoms with Gasteiger partial charge in [-0.3, -0.25) is 4.79 Å². The average molecular weight is 202 g/mol. The molecule has 14 heavy (non-hydrogen) atoms. The lowest BCUT2D eigenvalue weighted by atomic mass is 10.2. The molecule has 1 aliphatic rings. The molecule has 5 nitrogen and oxygen atoms in total. The number of aliphatic hydroxyl groups excluding tert-OH is 1. The molecule has 5 heteroatoms. The van der Waals surface area contributed by atoms with Crippen LogP contribution >= 0.6 is 0 Å². The van der Waals surface area contributed by atoms with Gasteiger partial charge in [-0.1, -0.05) is 0 Å². The smallest absolute Gasteiger partial charge is 0.237 e. The van der Waals surface area contributed by atoms with Gasteiger partial charge >= 0.3 is 0 Å². The van der Waals surface area contributed by atoms with E-state index in [1.807, 2.05) is 0 Å². The Kier molecular flexibility index (Phi) is 5.51. The van der Waals surface area contributed by atoms with Crippen molar-refractivity contribution in [1.82, 2.24) is 10.6 Å². The van der Waals surface area contributed by atoms with Crippen LogP contribution in [-0.4, -0.2) is 50.0 Å². The van der Waals surface area contributed by atoms with Gasteiger partial charge in [0.1, 0.15) is 0 Å². The zero-order valence-corrected chi connectivity index (χ0v) is 8.29. The molecule has 0 aromatic rings. The second kappa shape index (κ2) is 6.75. The fourth-order valence-corrected chi connectivity index (χ4v) is 1.44. The fourth-order valence-electron chi connectivity index (χ4n) is 1.44. The quantitative estimate of drug-likeness (QED) is 0.476. The summed E-state index contributed by atoms with van der Waals surface area (Å²) in [5.41, 5.74) is 0. The first-order chi connectivity index (χ1) is 6.84. The van der Waals surface area contributed by atoms with Gasteiger partial charge in [-0.15, -0.1) is 0 Å². The molecule has 0 aliphatic carbocycles. The standard InChI is InChI=1S/C9H18N2O3/c12-5-7-14-6-4-11-9(13)8-2-1-3-10-8/h8,10,12H,1-7H2,(H,11,13)/t8-/m0/s1. The van der Waals surface area contributed by atoms with Gasteiger partial charge < -0.3 is 20.5 Å². The topological polar surface area (TPSA) is 70.6 Å². The molecular formula is C9H18N2O3. The molecule has 82 valence electrons. The highest BCUT2D eigenvalue weighted by molar-refractivity contribution is 5.81. The van der Waals surface area contributed by atoms with Crippen molar-refractivity contribution in [3.63, 3.8) is 0 Å². The Morgan fingerprint density at radius 1 is 1.57 bits per heavy atom. The van der Waals surface area contributed by atoms with Crippen LogP contribution in [0.1, 0.15) is 12.8 Å². The van der Waals surface area contributed by atoms with E-state index < -0.39 is 0 Å². The summed E-state index contributed by atoms with van der Waals surface area (Å²) in [4.78, 5) is 11.4. The van der Waals surface area contributed by atoms with E-state index in [9.17, 15) is 4.79 Å². The average Bonchev–Trinajstić information content (AvgIpc) is 2.70. The van der Waals surface area contributed by atoms with E-state index in [0.717, 1.165) is 19.4 Å². The summed E-state index contributed by atoms with van der Waals surface area (Å²) in [5, 5.41) is 14.3. The van der Waals surface area contributed by atoms with E-state index in [1.54, 1.807) is 0 Å². The van der Waals surface area contributed by atoms with Crippen molar-refractivity contribution in [3.8, 4) is 0 Å². The molecule has 0 spiro atoms. The maximum absolute atomic E-state index is 11.4. The Morgan fingerprint density at radius 2 is 2.43 bits per heavy atom. The first-order valence-corrected chi connectivity index (χ1v) is 5.04. The lowest BCUT2D eigenvalue weighted by Gasteiger charge is -2.10. The summed E-state index contributed by atoms with van der Waals surface area (Å²) in [6.45, 7) is 2.25. The second-order valence-corrected chi connectivity index (χ2v) is 3.28. The van der Waals surface area contributed by atoms with Crippen molar-refractivity contribution in [2.45, 2.75) is 18.9 Å². The molecule has 1 saturated heterocycles. The van der Waals surface area contributed by atoms with Crippen molar-refractivity contribution >= 4 is 5.91 Å². The molecule has 0 aromatic carbocycles. The van der Waals surface area contributed by atoms with E-state index >= 15 is 0 Å². The molecule has 0 saturated carbocycles. The highest BCUT2D eigenvalue weighted by atomic mass is 16.5. The predicted molar refractivity (Wildman–Crippen MR) is 51.9 cm³/mol. The summed E-state index contributed by atoms with van der Waals surface area (Å²) >= 11 is 0.